The quantitative estimate of drug-likeness (QED) is 0.717. The van der Waals surface area contributed by atoms with Crippen LogP contribution in [0.2, 0.25) is 18.1 Å². The second kappa shape index (κ2) is 4.91. The summed E-state index contributed by atoms with van der Waals surface area (Å²) in [5.41, 5.74) is 0. The minimum absolute atomic E-state index is 0.325. The third-order valence-electron chi connectivity index (χ3n) is 5.66. The maximum atomic E-state index is 6.41. The lowest BCUT2D eigenvalue weighted by Crippen LogP contribution is -2.43. The summed E-state index contributed by atoms with van der Waals surface area (Å²) in [5, 5.41) is 0.325. The molecule has 0 radical (unpaired) electrons. The minimum atomic E-state index is -1.57. The zero-order chi connectivity index (χ0) is 13.6. The molecule has 3 heteroatoms. The van der Waals surface area contributed by atoms with E-state index in [9.17, 15) is 0 Å². The highest BCUT2D eigenvalue weighted by Crippen LogP contribution is 2.50. The van der Waals surface area contributed by atoms with Gasteiger partial charge in [0.05, 0.1) is 6.10 Å². The van der Waals surface area contributed by atoms with Gasteiger partial charge in [0.25, 0.3) is 0 Å². The Morgan fingerprint density at radius 2 is 1.78 bits per heavy atom. The molecule has 0 aliphatic heterocycles. The van der Waals surface area contributed by atoms with Gasteiger partial charge in [0, 0.05) is 13.7 Å². The average Bonchev–Trinajstić information content (AvgIpc) is 2.83. The molecule has 0 aromatic carbocycles. The topological polar surface area (TPSA) is 18.5 Å². The number of methoxy groups -OCH3 is 1. The van der Waals surface area contributed by atoms with Crippen LogP contribution in [0.4, 0.5) is 0 Å². The van der Waals surface area contributed by atoms with Gasteiger partial charge in [0.1, 0.15) is 0 Å². The van der Waals surface area contributed by atoms with Gasteiger partial charge in [-0.25, -0.2) is 0 Å². The van der Waals surface area contributed by atoms with E-state index in [0.29, 0.717) is 11.1 Å². The van der Waals surface area contributed by atoms with Gasteiger partial charge in [-0.3, -0.25) is 0 Å². The maximum absolute atomic E-state index is 6.41. The Kier molecular flexibility index (Phi) is 3.97. The summed E-state index contributed by atoms with van der Waals surface area (Å²) in [7, 11) is 0.299. The molecule has 0 heterocycles. The van der Waals surface area contributed by atoms with Crippen molar-refractivity contribution in [3.8, 4) is 0 Å². The summed E-state index contributed by atoms with van der Waals surface area (Å²) in [6.07, 6.45) is 4.55. The third-order valence-corrected chi connectivity index (χ3v) is 10.2. The van der Waals surface area contributed by atoms with Crippen molar-refractivity contribution in [2.75, 3.05) is 13.7 Å². The SMILES string of the molecule is CO[C@H]1C[C@@H]2C[C@@H](CO[Si](C)(C)C(C)(C)C)[C@H]1C2. The second-order valence-corrected chi connectivity index (χ2v) is 12.7. The first-order valence-electron chi connectivity index (χ1n) is 7.41. The fourth-order valence-corrected chi connectivity index (χ4v) is 4.49. The van der Waals surface area contributed by atoms with Gasteiger partial charge >= 0.3 is 0 Å². The number of ether oxygens (including phenoxy) is 1. The highest BCUT2D eigenvalue weighted by Gasteiger charge is 2.47. The summed E-state index contributed by atoms with van der Waals surface area (Å²) >= 11 is 0. The van der Waals surface area contributed by atoms with Crippen molar-refractivity contribution < 1.29 is 9.16 Å². The molecule has 2 saturated carbocycles. The molecule has 0 amide bonds. The summed E-state index contributed by atoms with van der Waals surface area (Å²) in [5.74, 6) is 2.43. The van der Waals surface area contributed by atoms with Crippen LogP contribution in [0.5, 0.6) is 0 Å². The predicted octanol–water partition coefficient (Wildman–Crippen LogP) is 4.07. The molecular formula is C15H30O2Si. The molecule has 0 spiro atoms. The van der Waals surface area contributed by atoms with Crippen molar-refractivity contribution >= 4 is 8.32 Å². The van der Waals surface area contributed by atoms with Crippen LogP contribution in [0.15, 0.2) is 0 Å². The number of hydrogen-bond donors (Lipinski definition) is 0. The highest BCUT2D eigenvalue weighted by molar-refractivity contribution is 6.74. The van der Waals surface area contributed by atoms with Crippen molar-refractivity contribution in [3.05, 3.63) is 0 Å². The van der Waals surface area contributed by atoms with Crippen LogP contribution in [-0.4, -0.2) is 28.1 Å². The van der Waals surface area contributed by atoms with Gasteiger partial charge in [-0.2, -0.15) is 0 Å². The van der Waals surface area contributed by atoms with Crippen LogP contribution in [0, 0.1) is 17.8 Å². The van der Waals surface area contributed by atoms with Crippen molar-refractivity contribution in [1.82, 2.24) is 0 Å². The molecule has 106 valence electrons. The molecule has 4 atom stereocenters. The predicted molar refractivity (Wildman–Crippen MR) is 78.3 cm³/mol. The second-order valence-electron chi connectivity index (χ2n) is 7.84. The first-order valence-corrected chi connectivity index (χ1v) is 10.3. The minimum Gasteiger partial charge on any atom is -0.417 e. The lowest BCUT2D eigenvalue weighted by atomic mass is 9.87. The molecule has 0 aromatic rings. The van der Waals surface area contributed by atoms with E-state index in [0.717, 1.165) is 24.4 Å². The van der Waals surface area contributed by atoms with Gasteiger partial charge in [-0.15, -0.1) is 0 Å². The lowest BCUT2D eigenvalue weighted by Gasteiger charge is -2.38. The fourth-order valence-electron chi connectivity index (χ4n) is 3.42. The average molecular weight is 270 g/mol. The van der Waals surface area contributed by atoms with Crippen LogP contribution in [0.25, 0.3) is 0 Å². The summed E-state index contributed by atoms with van der Waals surface area (Å²) < 4.78 is 12.0. The summed E-state index contributed by atoms with van der Waals surface area (Å²) in [4.78, 5) is 0. The Bertz CT molecular complexity index is 295. The molecule has 18 heavy (non-hydrogen) atoms. The van der Waals surface area contributed by atoms with Gasteiger partial charge < -0.3 is 9.16 Å². The van der Waals surface area contributed by atoms with E-state index in [2.05, 4.69) is 33.9 Å². The molecule has 0 N–H and O–H groups in total. The molecule has 0 unspecified atom stereocenters. The van der Waals surface area contributed by atoms with E-state index in [1.807, 2.05) is 7.11 Å². The van der Waals surface area contributed by atoms with Crippen LogP contribution >= 0.6 is 0 Å². The summed E-state index contributed by atoms with van der Waals surface area (Å²) in [6, 6.07) is 0. The monoisotopic (exact) mass is 270 g/mol. The smallest absolute Gasteiger partial charge is 0.191 e. The van der Waals surface area contributed by atoms with Gasteiger partial charge in [-0.1, -0.05) is 20.8 Å². The van der Waals surface area contributed by atoms with Gasteiger partial charge in [-0.05, 0) is 55.1 Å². The van der Waals surface area contributed by atoms with Gasteiger partial charge in [0.15, 0.2) is 8.32 Å². The zero-order valence-electron chi connectivity index (χ0n) is 13.0. The first-order chi connectivity index (χ1) is 8.24. The molecule has 0 saturated heterocycles. The van der Waals surface area contributed by atoms with E-state index < -0.39 is 8.32 Å². The Balaban J connectivity index is 1.89. The largest absolute Gasteiger partial charge is 0.417 e. The van der Waals surface area contributed by atoms with Crippen molar-refractivity contribution in [3.63, 3.8) is 0 Å². The molecule has 0 aromatic heterocycles. The van der Waals surface area contributed by atoms with Crippen molar-refractivity contribution in [2.45, 2.75) is 64.3 Å². The third kappa shape index (κ3) is 2.68. The zero-order valence-corrected chi connectivity index (χ0v) is 14.0. The Hall–Kier alpha value is 0.137. The lowest BCUT2D eigenvalue weighted by molar-refractivity contribution is 0.0206. The van der Waals surface area contributed by atoms with Crippen molar-refractivity contribution in [1.29, 1.82) is 0 Å². The number of hydrogen-bond acceptors (Lipinski definition) is 2. The Labute approximate surface area is 114 Å². The van der Waals surface area contributed by atoms with E-state index in [1.165, 1.54) is 19.3 Å². The van der Waals surface area contributed by atoms with E-state index in [1.54, 1.807) is 0 Å². The Morgan fingerprint density at radius 1 is 1.11 bits per heavy atom. The Morgan fingerprint density at radius 3 is 2.28 bits per heavy atom. The first kappa shape index (κ1) is 14.5. The van der Waals surface area contributed by atoms with Crippen LogP contribution in [0.3, 0.4) is 0 Å². The molecule has 2 aliphatic rings. The van der Waals surface area contributed by atoms with Crippen molar-refractivity contribution in [2.24, 2.45) is 17.8 Å². The van der Waals surface area contributed by atoms with Crippen LogP contribution in [-0.2, 0) is 9.16 Å². The van der Waals surface area contributed by atoms with Crippen LogP contribution < -0.4 is 0 Å². The van der Waals surface area contributed by atoms with E-state index >= 15 is 0 Å². The molecule has 2 aliphatic carbocycles. The highest BCUT2D eigenvalue weighted by atomic mass is 28.4. The van der Waals surface area contributed by atoms with Crippen LogP contribution in [0.1, 0.15) is 40.0 Å². The molecule has 2 rings (SSSR count). The normalized spacial score (nSPS) is 36.3. The molecule has 2 bridgehead atoms. The molecule has 2 fully saturated rings. The summed E-state index contributed by atoms with van der Waals surface area (Å²) in [6.45, 7) is 12.6. The van der Waals surface area contributed by atoms with Gasteiger partial charge in [0.2, 0.25) is 0 Å². The fraction of sp³-hybridized carbons (Fsp3) is 1.00. The molecule has 2 nitrogen and oxygen atoms in total. The van der Waals surface area contributed by atoms with E-state index in [4.69, 9.17) is 9.16 Å². The number of rotatable bonds is 4. The molecular weight excluding hydrogens is 240 g/mol. The van der Waals surface area contributed by atoms with E-state index in [-0.39, 0.29) is 0 Å². The standard InChI is InChI=1S/C15H30O2Si/c1-15(2,3)18(5,6)17-10-12-7-11-8-13(12)14(9-11)16-4/h11-14H,7-10H2,1-6H3/t11-,12+,13-,14+/m1/s1. The number of fused-ring (bicyclic) bond motifs is 2. The maximum Gasteiger partial charge on any atom is 0.191 e.